The maximum atomic E-state index is 12.6. The summed E-state index contributed by atoms with van der Waals surface area (Å²) in [5.41, 5.74) is 5.94. The number of aromatic nitrogens is 2. The normalized spacial score (nSPS) is 22.4. The molecule has 2 heterocycles. The van der Waals surface area contributed by atoms with E-state index in [-0.39, 0.29) is 17.0 Å². The van der Waals surface area contributed by atoms with Gasteiger partial charge in [0.25, 0.3) is 0 Å². The first kappa shape index (κ1) is 15.5. The number of rotatable bonds is 3. The van der Waals surface area contributed by atoms with E-state index in [1.807, 2.05) is 11.9 Å². The molecule has 3 rings (SSSR count). The minimum absolute atomic E-state index is 0.188. The average Bonchev–Trinajstić information content (AvgIpc) is 3.00. The predicted octanol–water partition coefficient (Wildman–Crippen LogP) is 3.11. The first-order valence-corrected chi connectivity index (χ1v) is 7.94. The minimum atomic E-state index is -4.21. The number of alkyl halides is 3. The molecule has 8 heteroatoms. The van der Waals surface area contributed by atoms with Gasteiger partial charge < -0.3 is 10.6 Å². The number of nitrogens with two attached hydrogens (primary N) is 1. The van der Waals surface area contributed by atoms with Crippen molar-refractivity contribution in [2.75, 3.05) is 11.9 Å². The molecular formula is C14H17F3N4S. The Hall–Kier alpha value is -1.41. The monoisotopic (exact) mass is 330 g/mol. The number of fused-ring (bicyclic) bond motifs is 1. The lowest BCUT2D eigenvalue weighted by Gasteiger charge is -2.25. The molecule has 0 bridgehead atoms. The molecule has 0 radical (unpaired) electrons. The molecule has 22 heavy (non-hydrogen) atoms. The van der Waals surface area contributed by atoms with E-state index in [1.165, 1.54) is 6.33 Å². The number of thiophene rings is 1. The van der Waals surface area contributed by atoms with E-state index < -0.39 is 12.6 Å². The van der Waals surface area contributed by atoms with Crippen molar-refractivity contribution >= 4 is 27.4 Å². The Morgan fingerprint density at radius 1 is 1.36 bits per heavy atom. The Labute approximate surface area is 130 Å². The van der Waals surface area contributed by atoms with Gasteiger partial charge in [0.1, 0.15) is 17.0 Å². The largest absolute Gasteiger partial charge is 0.393 e. The van der Waals surface area contributed by atoms with Crippen LogP contribution in [-0.2, 0) is 6.42 Å². The highest BCUT2D eigenvalue weighted by Crippen LogP contribution is 2.35. The van der Waals surface area contributed by atoms with Crippen LogP contribution in [0.1, 0.15) is 24.1 Å². The van der Waals surface area contributed by atoms with Crippen molar-refractivity contribution in [3.05, 3.63) is 17.3 Å². The first-order chi connectivity index (χ1) is 10.3. The molecule has 0 amide bonds. The van der Waals surface area contributed by atoms with Crippen LogP contribution in [0.15, 0.2) is 12.4 Å². The molecule has 1 fully saturated rings. The average molecular weight is 330 g/mol. The van der Waals surface area contributed by atoms with Gasteiger partial charge in [-0.15, -0.1) is 11.3 Å². The molecule has 1 aliphatic rings. The van der Waals surface area contributed by atoms with Crippen molar-refractivity contribution in [3.8, 4) is 0 Å². The molecule has 0 spiro atoms. The molecule has 0 aromatic carbocycles. The van der Waals surface area contributed by atoms with Gasteiger partial charge in [0, 0.05) is 24.0 Å². The number of anilines is 1. The maximum Gasteiger partial charge on any atom is 0.393 e. The Morgan fingerprint density at radius 2 is 2.14 bits per heavy atom. The molecule has 120 valence electrons. The third-order valence-corrected chi connectivity index (χ3v) is 5.10. The van der Waals surface area contributed by atoms with Crippen LogP contribution in [0.5, 0.6) is 0 Å². The van der Waals surface area contributed by atoms with Crippen molar-refractivity contribution in [2.24, 2.45) is 5.73 Å². The summed E-state index contributed by atoms with van der Waals surface area (Å²) in [6, 6.07) is 2.03. The smallest absolute Gasteiger partial charge is 0.356 e. The van der Waals surface area contributed by atoms with Gasteiger partial charge in [-0.2, -0.15) is 13.2 Å². The van der Waals surface area contributed by atoms with Gasteiger partial charge in [0.05, 0.1) is 11.8 Å². The highest BCUT2D eigenvalue weighted by atomic mass is 32.1. The lowest BCUT2D eigenvalue weighted by atomic mass is 10.2. The topological polar surface area (TPSA) is 55.0 Å². The molecule has 2 unspecified atom stereocenters. The summed E-state index contributed by atoms with van der Waals surface area (Å²) in [5, 5.41) is 0.690. The Kier molecular flexibility index (Phi) is 3.98. The van der Waals surface area contributed by atoms with Crippen LogP contribution in [0.25, 0.3) is 10.2 Å². The molecular weight excluding hydrogens is 313 g/mol. The van der Waals surface area contributed by atoms with E-state index in [0.717, 1.165) is 30.6 Å². The van der Waals surface area contributed by atoms with E-state index >= 15 is 0 Å². The molecule has 0 aliphatic heterocycles. The maximum absolute atomic E-state index is 12.6. The number of hydrogen-bond donors (Lipinski definition) is 1. The van der Waals surface area contributed by atoms with Crippen LogP contribution in [0.2, 0.25) is 0 Å². The molecule has 2 aromatic heterocycles. The fourth-order valence-corrected chi connectivity index (χ4v) is 4.00. The fourth-order valence-electron chi connectivity index (χ4n) is 2.98. The van der Waals surface area contributed by atoms with Gasteiger partial charge in [-0.05, 0) is 25.3 Å². The van der Waals surface area contributed by atoms with Crippen LogP contribution in [0.3, 0.4) is 0 Å². The van der Waals surface area contributed by atoms with Gasteiger partial charge in [-0.25, -0.2) is 9.97 Å². The zero-order valence-electron chi connectivity index (χ0n) is 12.1. The van der Waals surface area contributed by atoms with Gasteiger partial charge in [-0.3, -0.25) is 0 Å². The Bertz CT molecular complexity index is 670. The highest BCUT2D eigenvalue weighted by Gasteiger charge is 2.30. The van der Waals surface area contributed by atoms with Crippen molar-refractivity contribution in [2.45, 2.75) is 43.9 Å². The first-order valence-electron chi connectivity index (χ1n) is 7.12. The third-order valence-electron chi connectivity index (χ3n) is 4.06. The molecule has 2 aromatic rings. The van der Waals surface area contributed by atoms with Crippen LogP contribution in [0, 0.1) is 0 Å². The van der Waals surface area contributed by atoms with Gasteiger partial charge in [0.15, 0.2) is 0 Å². The molecule has 1 saturated carbocycles. The Balaban J connectivity index is 1.92. The standard InChI is InChI=1S/C14H17F3N4S/c1-21(9-3-2-8(18)4-9)12-11-5-10(6-14(15,16)17)22-13(11)20-7-19-12/h5,7-9H,2-4,6,18H2,1H3. The lowest BCUT2D eigenvalue weighted by Crippen LogP contribution is -2.31. The SMILES string of the molecule is CN(c1ncnc2sc(CC(F)(F)F)cc12)C1CCC(N)C1. The zero-order valence-corrected chi connectivity index (χ0v) is 12.9. The summed E-state index contributed by atoms with van der Waals surface area (Å²) in [6.45, 7) is 0. The summed E-state index contributed by atoms with van der Waals surface area (Å²) in [5.74, 6) is 0.689. The molecule has 2 N–H and O–H groups in total. The summed E-state index contributed by atoms with van der Waals surface area (Å²) >= 11 is 1.08. The molecule has 0 saturated heterocycles. The van der Waals surface area contributed by atoms with Gasteiger partial charge in [0.2, 0.25) is 0 Å². The summed E-state index contributed by atoms with van der Waals surface area (Å²) in [6.07, 6.45) is -0.905. The Morgan fingerprint density at radius 3 is 2.77 bits per heavy atom. The fraction of sp³-hybridized carbons (Fsp3) is 0.571. The van der Waals surface area contributed by atoms with Crippen molar-refractivity contribution in [1.29, 1.82) is 0 Å². The zero-order chi connectivity index (χ0) is 15.9. The van der Waals surface area contributed by atoms with E-state index in [0.29, 0.717) is 16.0 Å². The van der Waals surface area contributed by atoms with Crippen LogP contribution < -0.4 is 10.6 Å². The number of halogens is 3. The van der Waals surface area contributed by atoms with E-state index in [1.54, 1.807) is 6.07 Å². The van der Waals surface area contributed by atoms with Crippen molar-refractivity contribution < 1.29 is 13.2 Å². The van der Waals surface area contributed by atoms with Crippen molar-refractivity contribution in [3.63, 3.8) is 0 Å². The third kappa shape index (κ3) is 3.17. The van der Waals surface area contributed by atoms with Gasteiger partial charge in [-0.1, -0.05) is 0 Å². The van der Waals surface area contributed by atoms with E-state index in [9.17, 15) is 13.2 Å². The minimum Gasteiger partial charge on any atom is -0.356 e. The van der Waals surface area contributed by atoms with E-state index in [2.05, 4.69) is 9.97 Å². The summed E-state index contributed by atoms with van der Waals surface area (Å²) in [4.78, 5) is 11.3. The molecule has 4 nitrogen and oxygen atoms in total. The van der Waals surface area contributed by atoms with Gasteiger partial charge >= 0.3 is 6.18 Å². The van der Waals surface area contributed by atoms with Crippen LogP contribution in [0.4, 0.5) is 19.0 Å². The summed E-state index contributed by atoms with van der Waals surface area (Å²) in [7, 11) is 1.92. The second-order valence-electron chi connectivity index (χ2n) is 5.76. The second kappa shape index (κ2) is 5.66. The molecule has 2 atom stereocenters. The second-order valence-corrected chi connectivity index (χ2v) is 6.87. The van der Waals surface area contributed by atoms with Crippen LogP contribution in [-0.4, -0.2) is 35.3 Å². The molecule has 1 aliphatic carbocycles. The number of hydrogen-bond acceptors (Lipinski definition) is 5. The van der Waals surface area contributed by atoms with E-state index in [4.69, 9.17) is 5.73 Å². The number of nitrogens with zero attached hydrogens (tertiary/aromatic N) is 3. The highest BCUT2D eigenvalue weighted by molar-refractivity contribution is 7.18. The van der Waals surface area contributed by atoms with Crippen LogP contribution >= 0.6 is 11.3 Å². The summed E-state index contributed by atoms with van der Waals surface area (Å²) < 4.78 is 37.7. The lowest BCUT2D eigenvalue weighted by molar-refractivity contribution is -0.126. The predicted molar refractivity (Wildman–Crippen MR) is 81.2 cm³/mol. The van der Waals surface area contributed by atoms with Crippen molar-refractivity contribution in [1.82, 2.24) is 9.97 Å². The quantitative estimate of drug-likeness (QED) is 0.939.